The lowest BCUT2D eigenvalue weighted by atomic mass is 9.68. The highest BCUT2D eigenvalue weighted by molar-refractivity contribution is 5.08. The Balaban J connectivity index is 1.81. The van der Waals surface area contributed by atoms with Crippen LogP contribution in [0.3, 0.4) is 0 Å². The molecular formula is C14H21NO4. The summed E-state index contributed by atoms with van der Waals surface area (Å²) in [5, 5.41) is 30.1. The van der Waals surface area contributed by atoms with Crippen molar-refractivity contribution in [1.82, 2.24) is 0 Å². The predicted octanol–water partition coefficient (Wildman–Crippen LogP) is 1.92. The molecule has 19 heavy (non-hydrogen) atoms. The predicted molar refractivity (Wildman–Crippen MR) is 68.5 cm³/mol. The Labute approximate surface area is 112 Å². The Kier molecular flexibility index (Phi) is 3.35. The summed E-state index contributed by atoms with van der Waals surface area (Å²) in [5.74, 6) is 1.65. The van der Waals surface area contributed by atoms with Gasteiger partial charge in [0.15, 0.2) is 6.29 Å². The first-order chi connectivity index (χ1) is 9.08. The molecule has 5 unspecified atom stereocenters. The Morgan fingerprint density at radius 2 is 2.11 bits per heavy atom. The normalized spacial score (nSPS) is 41.6. The molecule has 5 nitrogen and oxygen atoms in total. The van der Waals surface area contributed by atoms with E-state index >= 15 is 0 Å². The molecule has 106 valence electrons. The number of rotatable bonds is 2. The van der Waals surface area contributed by atoms with Crippen LogP contribution in [-0.2, 0) is 0 Å². The molecule has 0 aromatic carbocycles. The number of hydrogen-bond donors (Lipinski definition) is 2. The van der Waals surface area contributed by atoms with Gasteiger partial charge in [-0.05, 0) is 49.0 Å². The minimum Gasteiger partial charge on any atom is -0.368 e. The summed E-state index contributed by atoms with van der Waals surface area (Å²) in [5.41, 5.74) is 0.362. The number of nitrogens with zero attached hydrogens (tertiary/aromatic N) is 1. The fourth-order valence-corrected chi connectivity index (χ4v) is 4.88. The fraction of sp³-hybridized carbons (Fsp3) is 0.857. The highest BCUT2D eigenvalue weighted by Crippen LogP contribution is 2.56. The molecule has 0 bridgehead atoms. The zero-order chi connectivity index (χ0) is 13.6. The first-order valence-corrected chi connectivity index (χ1v) is 7.27. The van der Waals surface area contributed by atoms with Gasteiger partial charge in [0.1, 0.15) is 0 Å². The molecule has 5 heteroatoms. The van der Waals surface area contributed by atoms with Crippen molar-refractivity contribution < 1.29 is 15.1 Å². The van der Waals surface area contributed by atoms with Crippen LogP contribution < -0.4 is 0 Å². The van der Waals surface area contributed by atoms with Crippen LogP contribution >= 0.6 is 0 Å². The van der Waals surface area contributed by atoms with Gasteiger partial charge in [-0.15, -0.1) is 0 Å². The van der Waals surface area contributed by atoms with Crippen LogP contribution in [0.1, 0.15) is 38.5 Å². The summed E-state index contributed by atoms with van der Waals surface area (Å²) in [4.78, 5) is 10.6. The second-order valence-electron chi connectivity index (χ2n) is 6.40. The van der Waals surface area contributed by atoms with E-state index in [4.69, 9.17) is 0 Å². The number of allylic oxidation sites excluding steroid dienone is 2. The van der Waals surface area contributed by atoms with Gasteiger partial charge in [-0.2, -0.15) is 0 Å². The molecule has 0 amide bonds. The lowest BCUT2D eigenvalue weighted by Gasteiger charge is -2.38. The Bertz CT molecular complexity index is 406. The maximum Gasteiger partial charge on any atom is 0.242 e. The van der Waals surface area contributed by atoms with Crippen LogP contribution in [-0.4, -0.2) is 21.4 Å². The van der Waals surface area contributed by atoms with Gasteiger partial charge in [-0.25, -0.2) is 0 Å². The average Bonchev–Trinajstić information content (AvgIpc) is 2.75. The Hall–Kier alpha value is -0.940. The van der Waals surface area contributed by atoms with E-state index in [0.29, 0.717) is 35.8 Å². The van der Waals surface area contributed by atoms with Gasteiger partial charge in [0, 0.05) is 12.3 Å². The zero-order valence-corrected chi connectivity index (χ0v) is 10.9. The fourth-order valence-electron chi connectivity index (χ4n) is 4.88. The van der Waals surface area contributed by atoms with Crippen molar-refractivity contribution in [2.24, 2.45) is 29.6 Å². The standard InChI is InChI=1S/C14H21NO4/c16-14(17)12-3-1-2-8-6-9-7-10(15(18)19)4-5-11(9)13(8)12/h4,8-9,11-14,16-17H,1-3,5-7H2. The van der Waals surface area contributed by atoms with Crippen LogP contribution in [0.15, 0.2) is 11.8 Å². The maximum atomic E-state index is 10.9. The smallest absolute Gasteiger partial charge is 0.242 e. The van der Waals surface area contributed by atoms with E-state index in [1.54, 1.807) is 6.08 Å². The lowest BCUT2D eigenvalue weighted by Crippen LogP contribution is -2.37. The molecule has 3 aliphatic rings. The van der Waals surface area contributed by atoms with E-state index < -0.39 is 6.29 Å². The van der Waals surface area contributed by atoms with Crippen molar-refractivity contribution in [3.63, 3.8) is 0 Å². The summed E-state index contributed by atoms with van der Waals surface area (Å²) < 4.78 is 0. The second kappa shape index (κ2) is 4.87. The molecule has 3 rings (SSSR count). The van der Waals surface area contributed by atoms with Crippen molar-refractivity contribution in [2.45, 2.75) is 44.8 Å². The number of aliphatic hydroxyl groups is 2. The number of fused-ring (bicyclic) bond motifs is 3. The highest BCUT2D eigenvalue weighted by atomic mass is 16.6. The monoisotopic (exact) mass is 267 g/mol. The Morgan fingerprint density at radius 3 is 2.79 bits per heavy atom. The van der Waals surface area contributed by atoms with Gasteiger partial charge in [0.2, 0.25) is 5.70 Å². The third-order valence-electron chi connectivity index (χ3n) is 5.57. The molecule has 0 aromatic heterocycles. The minimum absolute atomic E-state index is 0.0284. The molecule has 0 heterocycles. The van der Waals surface area contributed by atoms with E-state index in [0.717, 1.165) is 32.1 Å². The van der Waals surface area contributed by atoms with Gasteiger partial charge in [-0.3, -0.25) is 10.1 Å². The first-order valence-electron chi connectivity index (χ1n) is 7.27. The van der Waals surface area contributed by atoms with Gasteiger partial charge in [-0.1, -0.05) is 12.8 Å². The molecule has 2 N–H and O–H groups in total. The quantitative estimate of drug-likeness (QED) is 0.455. The third kappa shape index (κ3) is 2.19. The van der Waals surface area contributed by atoms with E-state index in [9.17, 15) is 20.3 Å². The van der Waals surface area contributed by atoms with Crippen LogP contribution in [0.4, 0.5) is 0 Å². The van der Waals surface area contributed by atoms with Gasteiger partial charge in [0.25, 0.3) is 0 Å². The molecule has 2 fully saturated rings. The number of aliphatic hydroxyl groups excluding tert-OH is 1. The maximum absolute atomic E-state index is 10.9. The van der Waals surface area contributed by atoms with Crippen molar-refractivity contribution in [1.29, 1.82) is 0 Å². The van der Waals surface area contributed by atoms with E-state index in [-0.39, 0.29) is 10.8 Å². The van der Waals surface area contributed by atoms with Crippen LogP contribution in [0.5, 0.6) is 0 Å². The van der Waals surface area contributed by atoms with E-state index in [1.165, 1.54) is 0 Å². The number of nitro groups is 1. The highest BCUT2D eigenvalue weighted by Gasteiger charge is 2.51. The van der Waals surface area contributed by atoms with E-state index in [1.807, 2.05) is 0 Å². The Morgan fingerprint density at radius 1 is 1.32 bits per heavy atom. The molecule has 0 radical (unpaired) electrons. The average molecular weight is 267 g/mol. The summed E-state index contributed by atoms with van der Waals surface area (Å²) in [6, 6.07) is 0. The molecular weight excluding hydrogens is 246 g/mol. The second-order valence-corrected chi connectivity index (χ2v) is 6.40. The third-order valence-corrected chi connectivity index (χ3v) is 5.57. The lowest BCUT2D eigenvalue weighted by molar-refractivity contribution is -0.430. The topological polar surface area (TPSA) is 83.6 Å². The van der Waals surface area contributed by atoms with Gasteiger partial charge < -0.3 is 10.2 Å². The van der Waals surface area contributed by atoms with Crippen LogP contribution in [0.2, 0.25) is 0 Å². The molecule has 2 saturated carbocycles. The van der Waals surface area contributed by atoms with Crippen molar-refractivity contribution in [3.8, 4) is 0 Å². The van der Waals surface area contributed by atoms with Gasteiger partial charge in [0.05, 0.1) is 4.92 Å². The minimum atomic E-state index is -1.23. The summed E-state index contributed by atoms with van der Waals surface area (Å²) in [6.07, 6.45) is 5.96. The SMILES string of the molecule is O=[N+]([O-])C1=CCC2C(C1)CC1CCCC(C(O)O)C12. The molecule has 5 atom stereocenters. The molecule has 0 aliphatic heterocycles. The molecule has 0 saturated heterocycles. The van der Waals surface area contributed by atoms with Crippen LogP contribution in [0.25, 0.3) is 0 Å². The summed E-state index contributed by atoms with van der Waals surface area (Å²) in [6.45, 7) is 0. The van der Waals surface area contributed by atoms with Crippen molar-refractivity contribution in [2.75, 3.05) is 0 Å². The molecule has 3 aliphatic carbocycles. The van der Waals surface area contributed by atoms with Crippen molar-refractivity contribution >= 4 is 0 Å². The first kappa shape index (κ1) is 13.1. The molecule has 0 aromatic rings. The van der Waals surface area contributed by atoms with E-state index in [2.05, 4.69) is 0 Å². The van der Waals surface area contributed by atoms with Gasteiger partial charge >= 0.3 is 0 Å². The zero-order valence-electron chi connectivity index (χ0n) is 10.9. The van der Waals surface area contributed by atoms with Crippen molar-refractivity contribution in [3.05, 3.63) is 21.9 Å². The largest absolute Gasteiger partial charge is 0.368 e. The van der Waals surface area contributed by atoms with Crippen LogP contribution in [0, 0.1) is 39.7 Å². The number of hydrogen-bond acceptors (Lipinski definition) is 4. The molecule has 0 spiro atoms. The summed E-state index contributed by atoms with van der Waals surface area (Å²) in [7, 11) is 0. The summed E-state index contributed by atoms with van der Waals surface area (Å²) >= 11 is 0.